The average Bonchev–Trinajstić information content (AvgIpc) is 3.08. The summed E-state index contributed by atoms with van der Waals surface area (Å²) in [4.78, 5) is 14.8. The number of hydrogen-bond donors (Lipinski definition) is 1. The number of piperazine rings is 1. The first-order chi connectivity index (χ1) is 10.3. The zero-order valence-corrected chi connectivity index (χ0v) is 13.6. The minimum absolute atomic E-state index is 0. The van der Waals surface area contributed by atoms with Crippen molar-refractivity contribution in [1.82, 2.24) is 10.2 Å². The maximum Gasteiger partial charge on any atom is 0.228 e. The van der Waals surface area contributed by atoms with E-state index in [0.717, 1.165) is 37.4 Å². The summed E-state index contributed by atoms with van der Waals surface area (Å²) in [7, 11) is 1.67. The second-order valence-corrected chi connectivity index (χ2v) is 5.55. The van der Waals surface area contributed by atoms with Crippen LogP contribution in [0.4, 0.5) is 0 Å². The van der Waals surface area contributed by atoms with Crippen LogP contribution in [0.5, 0.6) is 5.75 Å². The zero-order valence-electron chi connectivity index (χ0n) is 12.8. The van der Waals surface area contributed by atoms with Crippen LogP contribution in [0, 0.1) is 5.92 Å². The Labute approximate surface area is 137 Å². The lowest BCUT2D eigenvalue weighted by molar-refractivity contribution is -0.139. The number of carbonyl (C=O) groups excluding carboxylic acids is 1. The topological polar surface area (TPSA) is 50.8 Å². The van der Waals surface area contributed by atoms with Crippen molar-refractivity contribution in [3.8, 4) is 5.75 Å². The second kappa shape index (κ2) is 7.81. The van der Waals surface area contributed by atoms with Crippen molar-refractivity contribution in [2.24, 2.45) is 5.92 Å². The Morgan fingerprint density at radius 2 is 2.23 bits per heavy atom. The molecular formula is C16H23ClN2O3. The Morgan fingerprint density at radius 3 is 2.95 bits per heavy atom. The molecule has 2 heterocycles. The van der Waals surface area contributed by atoms with Gasteiger partial charge in [0.2, 0.25) is 5.91 Å². The number of nitrogens with one attached hydrogen (secondary N) is 1. The van der Waals surface area contributed by atoms with E-state index in [4.69, 9.17) is 9.47 Å². The number of amides is 1. The Hall–Kier alpha value is -1.30. The molecule has 1 N–H and O–H groups in total. The molecule has 1 amide bonds. The van der Waals surface area contributed by atoms with Crippen LogP contribution in [0.3, 0.4) is 0 Å². The molecule has 122 valence electrons. The van der Waals surface area contributed by atoms with Crippen molar-refractivity contribution in [2.75, 3.05) is 40.0 Å². The fourth-order valence-electron chi connectivity index (χ4n) is 3.15. The third kappa shape index (κ3) is 3.37. The number of carbonyl (C=O) groups is 1. The number of benzene rings is 1. The van der Waals surface area contributed by atoms with Gasteiger partial charge < -0.3 is 19.7 Å². The number of para-hydroxylation sites is 1. The fourth-order valence-corrected chi connectivity index (χ4v) is 3.15. The van der Waals surface area contributed by atoms with Gasteiger partial charge in [0.25, 0.3) is 0 Å². The molecule has 2 aliphatic rings. The van der Waals surface area contributed by atoms with Crippen LogP contribution in [-0.2, 0) is 9.53 Å². The van der Waals surface area contributed by atoms with E-state index >= 15 is 0 Å². The number of methoxy groups -OCH3 is 1. The smallest absolute Gasteiger partial charge is 0.228 e. The van der Waals surface area contributed by atoms with Crippen LogP contribution in [0.2, 0.25) is 0 Å². The van der Waals surface area contributed by atoms with Crippen molar-refractivity contribution >= 4 is 18.3 Å². The Balaban J connectivity index is 0.00000176. The predicted molar refractivity (Wildman–Crippen MR) is 86.5 cm³/mol. The zero-order chi connectivity index (χ0) is 14.7. The number of rotatable bonds is 3. The molecule has 2 atom stereocenters. The van der Waals surface area contributed by atoms with Gasteiger partial charge in [0, 0.05) is 31.8 Å². The van der Waals surface area contributed by atoms with Gasteiger partial charge in [0.15, 0.2) is 0 Å². The van der Waals surface area contributed by atoms with E-state index in [-0.39, 0.29) is 30.3 Å². The Kier molecular flexibility index (Phi) is 6.06. The molecule has 0 spiro atoms. The van der Waals surface area contributed by atoms with Crippen molar-refractivity contribution in [1.29, 1.82) is 0 Å². The summed E-state index contributed by atoms with van der Waals surface area (Å²) in [5.74, 6) is 1.07. The molecular weight excluding hydrogens is 304 g/mol. The van der Waals surface area contributed by atoms with E-state index in [1.165, 1.54) is 0 Å². The highest BCUT2D eigenvalue weighted by Crippen LogP contribution is 2.31. The molecule has 22 heavy (non-hydrogen) atoms. The molecule has 2 aliphatic heterocycles. The standard InChI is InChI=1S/C16H22N2O3.ClH/c1-20-15-5-3-2-4-13(15)14-10-17-7-8-18(14)16(19)12-6-9-21-11-12;/h2-5,12,14,17H,6-11H2,1H3;1H. The normalized spacial score (nSPS) is 24.7. The predicted octanol–water partition coefficient (Wildman–Crippen LogP) is 1.63. The minimum Gasteiger partial charge on any atom is -0.496 e. The summed E-state index contributed by atoms with van der Waals surface area (Å²) in [6.07, 6.45) is 0.835. The lowest BCUT2D eigenvalue weighted by atomic mass is 9.99. The summed E-state index contributed by atoms with van der Waals surface area (Å²) < 4.78 is 10.8. The molecule has 0 aliphatic carbocycles. The summed E-state index contributed by atoms with van der Waals surface area (Å²) in [6, 6.07) is 7.97. The molecule has 0 saturated carbocycles. The van der Waals surface area contributed by atoms with Gasteiger partial charge in [0.1, 0.15) is 5.75 Å². The number of ether oxygens (including phenoxy) is 2. The van der Waals surface area contributed by atoms with Gasteiger partial charge in [-0.3, -0.25) is 4.79 Å². The third-order valence-electron chi connectivity index (χ3n) is 4.30. The maximum atomic E-state index is 12.8. The highest BCUT2D eigenvalue weighted by atomic mass is 35.5. The first-order valence-corrected chi connectivity index (χ1v) is 7.53. The van der Waals surface area contributed by atoms with Gasteiger partial charge in [-0.25, -0.2) is 0 Å². The molecule has 3 rings (SSSR count). The van der Waals surface area contributed by atoms with Crippen molar-refractivity contribution < 1.29 is 14.3 Å². The van der Waals surface area contributed by atoms with E-state index < -0.39 is 0 Å². The first-order valence-electron chi connectivity index (χ1n) is 7.53. The highest BCUT2D eigenvalue weighted by molar-refractivity contribution is 5.85. The maximum absolute atomic E-state index is 12.8. The van der Waals surface area contributed by atoms with Gasteiger partial charge in [-0.15, -0.1) is 12.4 Å². The number of nitrogens with zero attached hydrogens (tertiary/aromatic N) is 1. The van der Waals surface area contributed by atoms with E-state index in [0.29, 0.717) is 13.2 Å². The minimum atomic E-state index is 0. The average molecular weight is 327 g/mol. The molecule has 6 heteroatoms. The SMILES string of the molecule is COc1ccccc1C1CNCCN1C(=O)C1CCOC1.Cl. The molecule has 1 aromatic rings. The van der Waals surface area contributed by atoms with E-state index in [9.17, 15) is 4.79 Å². The summed E-state index contributed by atoms with van der Waals surface area (Å²) >= 11 is 0. The second-order valence-electron chi connectivity index (χ2n) is 5.55. The molecule has 2 saturated heterocycles. The summed E-state index contributed by atoms with van der Waals surface area (Å²) in [5, 5.41) is 3.38. The van der Waals surface area contributed by atoms with E-state index in [2.05, 4.69) is 5.32 Å². The highest BCUT2D eigenvalue weighted by Gasteiger charge is 2.35. The monoisotopic (exact) mass is 326 g/mol. The summed E-state index contributed by atoms with van der Waals surface area (Å²) in [5.41, 5.74) is 1.07. The van der Waals surface area contributed by atoms with Crippen molar-refractivity contribution in [3.05, 3.63) is 29.8 Å². The van der Waals surface area contributed by atoms with Crippen molar-refractivity contribution in [3.63, 3.8) is 0 Å². The Morgan fingerprint density at radius 1 is 1.41 bits per heavy atom. The van der Waals surface area contributed by atoms with Gasteiger partial charge >= 0.3 is 0 Å². The van der Waals surface area contributed by atoms with Crippen LogP contribution in [0.15, 0.2) is 24.3 Å². The van der Waals surface area contributed by atoms with Crippen LogP contribution in [0.1, 0.15) is 18.0 Å². The molecule has 2 fully saturated rings. The Bertz CT molecular complexity index is 506. The molecule has 5 nitrogen and oxygen atoms in total. The third-order valence-corrected chi connectivity index (χ3v) is 4.30. The number of hydrogen-bond acceptors (Lipinski definition) is 4. The van der Waals surface area contributed by atoms with Gasteiger partial charge in [0.05, 0.1) is 25.7 Å². The van der Waals surface area contributed by atoms with E-state index in [1.807, 2.05) is 29.2 Å². The van der Waals surface area contributed by atoms with Crippen molar-refractivity contribution in [2.45, 2.75) is 12.5 Å². The molecule has 0 bridgehead atoms. The first kappa shape index (κ1) is 17.1. The lowest BCUT2D eigenvalue weighted by Gasteiger charge is -2.38. The lowest BCUT2D eigenvalue weighted by Crippen LogP contribution is -2.50. The van der Waals surface area contributed by atoms with Crippen LogP contribution >= 0.6 is 12.4 Å². The number of halogens is 1. The van der Waals surface area contributed by atoms with Crippen LogP contribution in [0.25, 0.3) is 0 Å². The fraction of sp³-hybridized carbons (Fsp3) is 0.562. The molecule has 0 radical (unpaired) electrons. The molecule has 0 aromatic heterocycles. The van der Waals surface area contributed by atoms with Gasteiger partial charge in [-0.2, -0.15) is 0 Å². The van der Waals surface area contributed by atoms with Crippen LogP contribution in [-0.4, -0.2) is 50.8 Å². The van der Waals surface area contributed by atoms with Crippen LogP contribution < -0.4 is 10.1 Å². The summed E-state index contributed by atoms with van der Waals surface area (Å²) in [6.45, 7) is 3.59. The largest absolute Gasteiger partial charge is 0.496 e. The molecule has 1 aromatic carbocycles. The quantitative estimate of drug-likeness (QED) is 0.917. The van der Waals surface area contributed by atoms with Gasteiger partial charge in [-0.05, 0) is 12.5 Å². The van der Waals surface area contributed by atoms with Gasteiger partial charge in [-0.1, -0.05) is 18.2 Å². The van der Waals surface area contributed by atoms with E-state index in [1.54, 1.807) is 7.11 Å². The molecule has 2 unspecified atom stereocenters.